The lowest BCUT2D eigenvalue weighted by molar-refractivity contribution is -0.143. The van der Waals surface area contributed by atoms with E-state index >= 15 is 0 Å². The molecule has 1 aliphatic rings. The zero-order chi connectivity index (χ0) is 18.9. The molecule has 11 heteroatoms. The second-order valence-electron chi connectivity index (χ2n) is 5.94. The summed E-state index contributed by atoms with van der Waals surface area (Å²) in [5, 5.41) is 8.56. The van der Waals surface area contributed by atoms with E-state index in [1.165, 1.54) is 24.3 Å². The normalized spacial score (nSPS) is 19.2. The molecule has 1 fully saturated rings. The van der Waals surface area contributed by atoms with Gasteiger partial charge in [-0.25, -0.2) is 13.5 Å². The van der Waals surface area contributed by atoms with Crippen molar-refractivity contribution in [3.63, 3.8) is 0 Å². The van der Waals surface area contributed by atoms with Crippen molar-refractivity contribution in [3.05, 3.63) is 42.2 Å². The van der Waals surface area contributed by atoms with Crippen LogP contribution in [0, 0.1) is 5.92 Å². The molecule has 1 unspecified atom stereocenters. The number of aromatic nitrogens is 2. The maximum absolute atomic E-state index is 13.8. The molecule has 2 heterocycles. The van der Waals surface area contributed by atoms with Gasteiger partial charge >= 0.3 is 6.18 Å². The fourth-order valence-corrected chi connectivity index (χ4v) is 2.80. The highest BCUT2D eigenvalue weighted by Crippen LogP contribution is 2.32. The van der Waals surface area contributed by atoms with Gasteiger partial charge in [0.25, 0.3) is 5.92 Å². The van der Waals surface area contributed by atoms with E-state index < -0.39 is 36.2 Å². The van der Waals surface area contributed by atoms with E-state index in [0.717, 1.165) is 12.3 Å². The summed E-state index contributed by atoms with van der Waals surface area (Å²) in [6.07, 6.45) is -3.54. The smallest absolute Gasteiger partial charge is 0.326 e. The van der Waals surface area contributed by atoms with Crippen LogP contribution in [0.4, 0.5) is 27.6 Å². The predicted octanol–water partition coefficient (Wildman–Crippen LogP) is 3.50. The first-order chi connectivity index (χ1) is 12.2. The van der Waals surface area contributed by atoms with Crippen molar-refractivity contribution in [1.82, 2.24) is 15.1 Å². The molecule has 1 saturated heterocycles. The number of piperidine rings is 1. The zero-order valence-electron chi connectivity index (χ0n) is 13.8. The molecule has 148 valence electrons. The third-order valence-corrected chi connectivity index (χ3v) is 4.11. The van der Waals surface area contributed by atoms with Crippen LogP contribution in [0.15, 0.2) is 36.5 Å². The van der Waals surface area contributed by atoms with Crippen LogP contribution >= 0.6 is 12.4 Å². The number of benzene rings is 1. The van der Waals surface area contributed by atoms with Gasteiger partial charge < -0.3 is 10.6 Å². The third-order valence-electron chi connectivity index (χ3n) is 4.11. The Balaban J connectivity index is 0.00000261. The van der Waals surface area contributed by atoms with Crippen LogP contribution in [0.3, 0.4) is 0 Å². The number of carbonyl (C=O) groups is 1. The highest BCUT2D eigenvalue weighted by atomic mass is 35.5. The quantitative estimate of drug-likeness (QED) is 0.761. The second kappa shape index (κ2) is 7.81. The lowest BCUT2D eigenvalue weighted by Gasteiger charge is -2.30. The summed E-state index contributed by atoms with van der Waals surface area (Å²) in [6, 6.07) is 6.16. The first-order valence-electron chi connectivity index (χ1n) is 7.79. The number of alkyl halides is 5. The minimum absolute atomic E-state index is 0. The minimum atomic E-state index is -4.57. The Morgan fingerprint density at radius 1 is 1.22 bits per heavy atom. The molecule has 27 heavy (non-hydrogen) atoms. The van der Waals surface area contributed by atoms with Gasteiger partial charge in [0.2, 0.25) is 5.91 Å². The van der Waals surface area contributed by atoms with Crippen LogP contribution in [0.1, 0.15) is 12.1 Å². The van der Waals surface area contributed by atoms with Gasteiger partial charge in [0, 0.05) is 5.69 Å². The summed E-state index contributed by atoms with van der Waals surface area (Å²) in [5.41, 5.74) is -0.593. The zero-order valence-corrected chi connectivity index (χ0v) is 14.6. The largest absolute Gasteiger partial charge is 0.433 e. The number of carbonyl (C=O) groups excluding carboxylic acids is 1. The molecule has 1 aromatic heterocycles. The van der Waals surface area contributed by atoms with E-state index in [2.05, 4.69) is 15.7 Å². The molecule has 0 spiro atoms. The maximum Gasteiger partial charge on any atom is 0.433 e. The van der Waals surface area contributed by atoms with Gasteiger partial charge in [0.15, 0.2) is 0 Å². The molecule has 2 N–H and O–H groups in total. The molecule has 5 nitrogen and oxygen atoms in total. The molecule has 1 atom stereocenters. The first kappa shape index (κ1) is 21.1. The monoisotopic (exact) mass is 410 g/mol. The molecule has 1 amide bonds. The van der Waals surface area contributed by atoms with Crippen molar-refractivity contribution in [3.8, 4) is 5.69 Å². The number of amides is 1. The van der Waals surface area contributed by atoms with Crippen LogP contribution < -0.4 is 10.6 Å². The van der Waals surface area contributed by atoms with Crippen LogP contribution in [0.5, 0.6) is 0 Å². The van der Waals surface area contributed by atoms with Gasteiger partial charge in [-0.05, 0) is 43.3 Å². The number of anilines is 1. The van der Waals surface area contributed by atoms with Crippen molar-refractivity contribution >= 4 is 24.0 Å². The molecule has 1 aromatic carbocycles. The van der Waals surface area contributed by atoms with Gasteiger partial charge in [-0.15, -0.1) is 12.4 Å². The van der Waals surface area contributed by atoms with E-state index in [4.69, 9.17) is 0 Å². The van der Waals surface area contributed by atoms with Crippen molar-refractivity contribution in [1.29, 1.82) is 0 Å². The number of nitrogens with zero attached hydrogens (tertiary/aromatic N) is 2. The van der Waals surface area contributed by atoms with Crippen molar-refractivity contribution in [2.75, 3.05) is 18.4 Å². The van der Waals surface area contributed by atoms with Crippen molar-refractivity contribution in [2.45, 2.75) is 18.5 Å². The summed E-state index contributed by atoms with van der Waals surface area (Å²) in [7, 11) is 0. The van der Waals surface area contributed by atoms with Crippen LogP contribution in [0.2, 0.25) is 0 Å². The fraction of sp³-hybridized carbons (Fsp3) is 0.375. The number of hydrogen-bond donors (Lipinski definition) is 2. The van der Waals surface area contributed by atoms with E-state index in [0.29, 0.717) is 11.2 Å². The summed E-state index contributed by atoms with van der Waals surface area (Å²) >= 11 is 0. The topological polar surface area (TPSA) is 59.0 Å². The van der Waals surface area contributed by atoms with Gasteiger partial charge in [0.05, 0.1) is 18.4 Å². The highest BCUT2D eigenvalue weighted by molar-refractivity contribution is 5.93. The summed E-state index contributed by atoms with van der Waals surface area (Å²) < 4.78 is 67.0. The molecule has 3 rings (SSSR count). The average molecular weight is 411 g/mol. The fourth-order valence-electron chi connectivity index (χ4n) is 2.80. The Labute approximate surface area is 157 Å². The van der Waals surface area contributed by atoms with E-state index in [1.807, 2.05) is 0 Å². The molecule has 0 saturated carbocycles. The first-order valence-corrected chi connectivity index (χ1v) is 7.79. The standard InChI is InChI=1S/C16H15F5N4O.ClH/c17-15(18)9-22-7-5-12(15)14(26)24-10-1-3-11(4-2-10)25-13(6-8-23-25)16(19,20)21;/h1-4,6,8,12,22H,5,7,9H2,(H,24,26);1H. The lowest BCUT2D eigenvalue weighted by Crippen LogP contribution is -2.50. The SMILES string of the molecule is Cl.O=C(Nc1ccc(-n2nccc2C(F)(F)F)cc1)C1CCNCC1(F)F. The summed E-state index contributed by atoms with van der Waals surface area (Å²) in [4.78, 5) is 12.1. The average Bonchev–Trinajstić information content (AvgIpc) is 3.05. The molecule has 1 aliphatic heterocycles. The number of nitrogens with one attached hydrogen (secondary N) is 2. The van der Waals surface area contributed by atoms with Crippen molar-refractivity contribution in [2.24, 2.45) is 5.92 Å². The van der Waals surface area contributed by atoms with E-state index in [9.17, 15) is 26.7 Å². The van der Waals surface area contributed by atoms with Crippen LogP contribution in [-0.4, -0.2) is 34.7 Å². The summed E-state index contributed by atoms with van der Waals surface area (Å²) in [6.45, 7) is -0.254. The molecular formula is C16H16ClF5N4O. The highest BCUT2D eigenvalue weighted by Gasteiger charge is 2.45. The Morgan fingerprint density at radius 2 is 1.89 bits per heavy atom. The van der Waals surface area contributed by atoms with Crippen LogP contribution in [0.25, 0.3) is 5.69 Å². The van der Waals surface area contributed by atoms with Gasteiger partial charge in [-0.1, -0.05) is 0 Å². The van der Waals surface area contributed by atoms with Crippen molar-refractivity contribution < 1.29 is 26.7 Å². The lowest BCUT2D eigenvalue weighted by atomic mass is 9.93. The second-order valence-corrected chi connectivity index (χ2v) is 5.94. The Hall–Kier alpha value is -2.20. The van der Waals surface area contributed by atoms with E-state index in [-0.39, 0.29) is 30.2 Å². The Morgan fingerprint density at radius 3 is 2.48 bits per heavy atom. The number of hydrogen-bond acceptors (Lipinski definition) is 3. The third kappa shape index (κ3) is 4.56. The molecule has 2 aromatic rings. The molecule has 0 bridgehead atoms. The van der Waals surface area contributed by atoms with E-state index in [1.54, 1.807) is 0 Å². The van der Waals surface area contributed by atoms with Crippen LogP contribution in [-0.2, 0) is 11.0 Å². The molecule has 0 radical (unpaired) electrons. The van der Waals surface area contributed by atoms with Gasteiger partial charge in [0.1, 0.15) is 11.6 Å². The molecular weight excluding hydrogens is 395 g/mol. The maximum atomic E-state index is 13.8. The Kier molecular flexibility index (Phi) is 6.10. The number of rotatable bonds is 3. The van der Waals surface area contributed by atoms with Gasteiger partial charge in [-0.2, -0.15) is 18.3 Å². The van der Waals surface area contributed by atoms with Gasteiger partial charge in [-0.3, -0.25) is 4.79 Å². The summed E-state index contributed by atoms with van der Waals surface area (Å²) in [5.74, 6) is -5.43. The number of halogens is 6. The minimum Gasteiger partial charge on any atom is -0.326 e. The molecule has 0 aliphatic carbocycles. The predicted molar refractivity (Wildman–Crippen MR) is 90.4 cm³/mol. The Bertz CT molecular complexity index is 791.